The molecule has 1 saturated heterocycles. The number of aromatic nitrogens is 2. The van der Waals surface area contributed by atoms with Gasteiger partial charge >= 0.3 is 0 Å². The van der Waals surface area contributed by atoms with Gasteiger partial charge in [-0.3, -0.25) is 9.89 Å². The number of rotatable bonds is 3. The Kier molecular flexibility index (Phi) is 4.34. The van der Waals surface area contributed by atoms with Crippen molar-refractivity contribution in [3.63, 3.8) is 0 Å². The summed E-state index contributed by atoms with van der Waals surface area (Å²) in [6, 6.07) is 8.01. The number of aryl methyl sites for hydroxylation is 1. The highest BCUT2D eigenvalue weighted by molar-refractivity contribution is 6.04. The first kappa shape index (κ1) is 15.6. The van der Waals surface area contributed by atoms with Crippen molar-refractivity contribution in [2.75, 3.05) is 43.4 Å². The third-order valence-corrected chi connectivity index (χ3v) is 4.46. The lowest BCUT2D eigenvalue weighted by Crippen LogP contribution is -2.44. The summed E-state index contributed by atoms with van der Waals surface area (Å²) in [6.07, 6.45) is 0. The van der Waals surface area contributed by atoms with Crippen molar-refractivity contribution in [3.05, 3.63) is 41.2 Å². The van der Waals surface area contributed by atoms with Gasteiger partial charge < -0.3 is 15.1 Å². The van der Waals surface area contributed by atoms with E-state index in [0.717, 1.165) is 43.1 Å². The predicted molar refractivity (Wildman–Crippen MR) is 92.2 cm³/mol. The summed E-state index contributed by atoms with van der Waals surface area (Å²) in [5.74, 6) is -0.181. The Morgan fingerprint density at radius 1 is 1.13 bits per heavy atom. The minimum absolute atomic E-state index is 0.181. The van der Waals surface area contributed by atoms with Gasteiger partial charge in [0.1, 0.15) is 0 Å². The highest BCUT2D eigenvalue weighted by Crippen LogP contribution is 2.20. The van der Waals surface area contributed by atoms with Gasteiger partial charge in [0.25, 0.3) is 5.91 Å². The zero-order valence-corrected chi connectivity index (χ0v) is 13.9. The Balaban J connectivity index is 1.65. The van der Waals surface area contributed by atoms with Gasteiger partial charge in [0, 0.05) is 48.8 Å². The molecule has 0 spiro atoms. The molecule has 0 radical (unpaired) electrons. The number of nitrogens with one attached hydrogen (secondary N) is 2. The van der Waals surface area contributed by atoms with E-state index in [2.05, 4.69) is 44.5 Å². The number of hydrogen-bond donors (Lipinski definition) is 2. The molecule has 1 amide bonds. The second kappa shape index (κ2) is 6.42. The molecule has 1 fully saturated rings. The second-order valence-electron chi connectivity index (χ2n) is 6.11. The number of likely N-dealkylation sites (N-methyl/N-ethyl adjacent to an activating group) is 1. The van der Waals surface area contributed by atoms with Gasteiger partial charge in [-0.2, -0.15) is 5.10 Å². The lowest BCUT2D eigenvalue weighted by atomic mass is 10.2. The van der Waals surface area contributed by atoms with Gasteiger partial charge in [0.2, 0.25) is 0 Å². The lowest BCUT2D eigenvalue weighted by Gasteiger charge is -2.34. The Labute approximate surface area is 136 Å². The van der Waals surface area contributed by atoms with E-state index in [9.17, 15) is 4.79 Å². The fourth-order valence-corrected chi connectivity index (χ4v) is 2.72. The van der Waals surface area contributed by atoms with Crippen molar-refractivity contribution < 1.29 is 4.79 Å². The molecule has 1 aromatic heterocycles. The molecule has 0 aliphatic carbocycles. The molecule has 6 heteroatoms. The van der Waals surface area contributed by atoms with Crippen LogP contribution in [0.2, 0.25) is 0 Å². The first-order chi connectivity index (χ1) is 11.0. The molecule has 23 heavy (non-hydrogen) atoms. The average Bonchev–Trinajstić information content (AvgIpc) is 2.89. The average molecular weight is 313 g/mol. The molecule has 2 aromatic rings. The van der Waals surface area contributed by atoms with Crippen LogP contribution in [-0.4, -0.2) is 54.2 Å². The van der Waals surface area contributed by atoms with Crippen molar-refractivity contribution in [1.29, 1.82) is 0 Å². The first-order valence-electron chi connectivity index (χ1n) is 7.91. The number of benzene rings is 1. The minimum atomic E-state index is -0.181. The van der Waals surface area contributed by atoms with Crippen molar-refractivity contribution in [3.8, 4) is 0 Å². The maximum absolute atomic E-state index is 12.3. The van der Waals surface area contributed by atoms with Crippen LogP contribution in [0.4, 0.5) is 11.4 Å². The largest absolute Gasteiger partial charge is 0.369 e. The van der Waals surface area contributed by atoms with Crippen molar-refractivity contribution >= 4 is 17.3 Å². The summed E-state index contributed by atoms with van der Waals surface area (Å²) in [4.78, 5) is 17.0. The van der Waals surface area contributed by atoms with Crippen molar-refractivity contribution in [2.45, 2.75) is 13.8 Å². The highest BCUT2D eigenvalue weighted by atomic mass is 16.1. The number of carbonyl (C=O) groups excluding carboxylic acids is 1. The van der Waals surface area contributed by atoms with Crippen LogP contribution in [0.3, 0.4) is 0 Å². The molecule has 1 aromatic carbocycles. The molecule has 6 nitrogen and oxygen atoms in total. The van der Waals surface area contributed by atoms with E-state index in [0.29, 0.717) is 5.69 Å². The van der Waals surface area contributed by atoms with Crippen LogP contribution in [0.15, 0.2) is 24.3 Å². The molecule has 3 rings (SSSR count). The molecular formula is C17H23N5O. The zero-order valence-electron chi connectivity index (χ0n) is 13.9. The van der Waals surface area contributed by atoms with Crippen LogP contribution in [0.1, 0.15) is 21.7 Å². The number of H-pyrrole nitrogens is 1. The molecule has 0 saturated carbocycles. The molecule has 2 heterocycles. The molecule has 0 bridgehead atoms. The number of nitrogens with zero attached hydrogens (tertiary/aromatic N) is 3. The molecule has 0 unspecified atom stereocenters. The number of piperazine rings is 1. The normalized spacial score (nSPS) is 15.7. The number of carbonyl (C=O) groups is 1. The highest BCUT2D eigenvalue weighted by Gasteiger charge is 2.16. The van der Waals surface area contributed by atoms with Gasteiger partial charge in [0.15, 0.2) is 5.69 Å². The Morgan fingerprint density at radius 3 is 2.35 bits per heavy atom. The number of amides is 1. The smallest absolute Gasteiger partial charge is 0.276 e. The van der Waals surface area contributed by atoms with Gasteiger partial charge in [-0.05, 0) is 45.2 Å². The maximum Gasteiger partial charge on any atom is 0.276 e. The molecule has 1 aliphatic heterocycles. The zero-order chi connectivity index (χ0) is 16.4. The minimum Gasteiger partial charge on any atom is -0.369 e. The van der Waals surface area contributed by atoms with Gasteiger partial charge in [-0.25, -0.2) is 0 Å². The Bertz CT molecular complexity index is 684. The van der Waals surface area contributed by atoms with Crippen molar-refractivity contribution in [1.82, 2.24) is 15.1 Å². The monoisotopic (exact) mass is 313 g/mol. The Hall–Kier alpha value is -2.34. The fraction of sp³-hybridized carbons (Fsp3) is 0.412. The summed E-state index contributed by atoms with van der Waals surface area (Å²) in [5.41, 5.74) is 4.23. The summed E-state index contributed by atoms with van der Waals surface area (Å²) < 4.78 is 0. The molecule has 122 valence electrons. The van der Waals surface area contributed by atoms with E-state index in [-0.39, 0.29) is 5.91 Å². The maximum atomic E-state index is 12.3. The predicted octanol–water partition coefficient (Wildman–Crippen LogP) is 2.03. The van der Waals surface area contributed by atoms with Crippen LogP contribution in [0.5, 0.6) is 0 Å². The Morgan fingerprint density at radius 2 is 1.78 bits per heavy atom. The third kappa shape index (κ3) is 3.37. The van der Waals surface area contributed by atoms with E-state index in [1.165, 1.54) is 5.69 Å². The molecule has 0 atom stereocenters. The lowest BCUT2D eigenvalue weighted by molar-refractivity contribution is 0.102. The summed E-state index contributed by atoms with van der Waals surface area (Å²) in [7, 11) is 2.15. The summed E-state index contributed by atoms with van der Waals surface area (Å²) >= 11 is 0. The van der Waals surface area contributed by atoms with Crippen LogP contribution in [0, 0.1) is 13.8 Å². The molecule has 2 N–H and O–H groups in total. The quantitative estimate of drug-likeness (QED) is 0.910. The van der Waals surface area contributed by atoms with Crippen LogP contribution in [-0.2, 0) is 0 Å². The first-order valence-corrected chi connectivity index (χ1v) is 7.91. The van der Waals surface area contributed by atoms with E-state index >= 15 is 0 Å². The molecular weight excluding hydrogens is 290 g/mol. The van der Waals surface area contributed by atoms with Crippen LogP contribution in [0.25, 0.3) is 0 Å². The number of anilines is 2. The summed E-state index contributed by atoms with van der Waals surface area (Å²) in [6.45, 7) is 8.03. The third-order valence-electron chi connectivity index (χ3n) is 4.46. The SMILES string of the molecule is Cc1[nH]nc(C(=O)Nc2ccc(N3CCN(C)CC3)cc2)c1C. The topological polar surface area (TPSA) is 64.3 Å². The van der Waals surface area contributed by atoms with E-state index in [4.69, 9.17) is 0 Å². The van der Waals surface area contributed by atoms with Crippen LogP contribution < -0.4 is 10.2 Å². The number of hydrogen-bond acceptors (Lipinski definition) is 4. The summed E-state index contributed by atoms with van der Waals surface area (Å²) in [5, 5.41) is 9.80. The van der Waals surface area contributed by atoms with E-state index in [1.807, 2.05) is 26.0 Å². The van der Waals surface area contributed by atoms with Gasteiger partial charge in [-0.1, -0.05) is 0 Å². The van der Waals surface area contributed by atoms with Gasteiger partial charge in [-0.15, -0.1) is 0 Å². The fourth-order valence-electron chi connectivity index (χ4n) is 2.72. The number of aromatic amines is 1. The van der Waals surface area contributed by atoms with Gasteiger partial charge in [0.05, 0.1) is 0 Å². The van der Waals surface area contributed by atoms with Crippen LogP contribution >= 0.6 is 0 Å². The standard InChI is InChI=1S/C17H23N5O/c1-12-13(2)19-20-16(12)17(23)18-14-4-6-15(7-5-14)22-10-8-21(3)9-11-22/h4-7H,8-11H2,1-3H3,(H,18,23)(H,19,20). The molecule has 1 aliphatic rings. The second-order valence-corrected chi connectivity index (χ2v) is 6.11. The van der Waals surface area contributed by atoms with E-state index in [1.54, 1.807) is 0 Å². The van der Waals surface area contributed by atoms with E-state index < -0.39 is 0 Å². The van der Waals surface area contributed by atoms with Crippen molar-refractivity contribution in [2.24, 2.45) is 0 Å².